The van der Waals surface area contributed by atoms with Crippen LogP contribution in [0.2, 0.25) is 0 Å². The molecule has 0 aromatic heterocycles. The number of carbonyl (C=O) groups excluding carboxylic acids is 2. The van der Waals surface area contributed by atoms with E-state index in [2.05, 4.69) is 10.6 Å². The molecule has 128 valence electrons. The SMILES string of the molecule is CCC(CO)NC(=O)C(CC(C)C)NC(=O)c1ccccc1C. The topological polar surface area (TPSA) is 78.4 Å². The van der Waals surface area contributed by atoms with Gasteiger partial charge in [-0.05, 0) is 37.3 Å². The van der Waals surface area contributed by atoms with E-state index in [-0.39, 0.29) is 30.4 Å². The number of carbonyl (C=O) groups is 2. The molecule has 0 heterocycles. The summed E-state index contributed by atoms with van der Waals surface area (Å²) < 4.78 is 0. The van der Waals surface area contributed by atoms with E-state index in [1.54, 1.807) is 12.1 Å². The second-order valence-electron chi connectivity index (χ2n) is 6.27. The summed E-state index contributed by atoms with van der Waals surface area (Å²) in [6.07, 6.45) is 1.19. The first-order chi connectivity index (χ1) is 10.9. The number of aryl methyl sites for hydroxylation is 1. The summed E-state index contributed by atoms with van der Waals surface area (Å²) in [5.41, 5.74) is 1.44. The van der Waals surface area contributed by atoms with Crippen molar-refractivity contribution < 1.29 is 14.7 Å². The van der Waals surface area contributed by atoms with Crippen molar-refractivity contribution in [3.8, 4) is 0 Å². The van der Waals surface area contributed by atoms with Crippen LogP contribution in [0.25, 0.3) is 0 Å². The summed E-state index contributed by atoms with van der Waals surface area (Å²) in [6.45, 7) is 7.66. The van der Waals surface area contributed by atoms with E-state index in [1.165, 1.54) is 0 Å². The molecule has 1 aromatic rings. The van der Waals surface area contributed by atoms with Crippen molar-refractivity contribution in [3.05, 3.63) is 35.4 Å². The molecule has 2 unspecified atom stereocenters. The molecule has 5 nitrogen and oxygen atoms in total. The van der Waals surface area contributed by atoms with Gasteiger partial charge in [-0.25, -0.2) is 0 Å². The maximum atomic E-state index is 12.4. The highest BCUT2D eigenvalue weighted by Crippen LogP contribution is 2.10. The predicted octanol–water partition coefficient (Wildman–Crippen LogP) is 2.03. The average molecular weight is 320 g/mol. The Hall–Kier alpha value is -1.88. The van der Waals surface area contributed by atoms with E-state index in [0.29, 0.717) is 18.4 Å². The van der Waals surface area contributed by atoms with E-state index >= 15 is 0 Å². The van der Waals surface area contributed by atoms with E-state index in [9.17, 15) is 14.7 Å². The smallest absolute Gasteiger partial charge is 0.252 e. The number of benzene rings is 1. The summed E-state index contributed by atoms with van der Waals surface area (Å²) in [7, 11) is 0. The molecule has 0 saturated heterocycles. The van der Waals surface area contributed by atoms with Gasteiger partial charge in [-0.3, -0.25) is 9.59 Å². The molecule has 0 aliphatic rings. The standard InChI is InChI=1S/C18H28N2O3/c1-5-14(11-21)19-18(23)16(10-12(2)3)20-17(22)15-9-7-6-8-13(15)4/h6-9,12,14,16,21H,5,10-11H2,1-4H3,(H,19,23)(H,20,22). The van der Waals surface area contributed by atoms with Gasteiger partial charge in [-0.15, -0.1) is 0 Å². The lowest BCUT2D eigenvalue weighted by atomic mass is 10.0. The number of hydrogen-bond acceptors (Lipinski definition) is 3. The van der Waals surface area contributed by atoms with Crippen LogP contribution in [0.1, 0.15) is 49.5 Å². The predicted molar refractivity (Wildman–Crippen MR) is 91.2 cm³/mol. The van der Waals surface area contributed by atoms with E-state index in [0.717, 1.165) is 5.56 Å². The summed E-state index contributed by atoms with van der Waals surface area (Å²) in [4.78, 5) is 24.9. The van der Waals surface area contributed by atoms with Crippen LogP contribution in [0.3, 0.4) is 0 Å². The average Bonchev–Trinajstić information content (AvgIpc) is 2.51. The Morgan fingerprint density at radius 3 is 2.35 bits per heavy atom. The molecule has 1 rings (SSSR count). The van der Waals surface area contributed by atoms with Crippen LogP contribution in [0.15, 0.2) is 24.3 Å². The molecule has 0 fully saturated rings. The van der Waals surface area contributed by atoms with Crippen LogP contribution in [0.4, 0.5) is 0 Å². The summed E-state index contributed by atoms with van der Waals surface area (Å²) >= 11 is 0. The Morgan fingerprint density at radius 2 is 1.83 bits per heavy atom. The normalized spacial score (nSPS) is 13.5. The molecule has 23 heavy (non-hydrogen) atoms. The number of nitrogens with one attached hydrogen (secondary N) is 2. The zero-order valence-electron chi connectivity index (χ0n) is 14.4. The van der Waals surface area contributed by atoms with Gasteiger partial charge in [-0.2, -0.15) is 0 Å². The maximum Gasteiger partial charge on any atom is 0.252 e. The molecule has 3 N–H and O–H groups in total. The van der Waals surface area contributed by atoms with E-state index in [1.807, 2.05) is 39.8 Å². The zero-order valence-corrected chi connectivity index (χ0v) is 14.4. The third-order valence-corrected chi connectivity index (χ3v) is 3.78. The number of hydrogen-bond donors (Lipinski definition) is 3. The highest BCUT2D eigenvalue weighted by atomic mass is 16.3. The lowest BCUT2D eigenvalue weighted by Gasteiger charge is -2.23. The molecular formula is C18H28N2O3. The molecule has 0 bridgehead atoms. The first-order valence-corrected chi connectivity index (χ1v) is 8.16. The minimum Gasteiger partial charge on any atom is -0.394 e. The minimum atomic E-state index is -0.609. The fraction of sp³-hybridized carbons (Fsp3) is 0.556. The summed E-state index contributed by atoms with van der Waals surface area (Å²) in [5, 5.41) is 14.8. The van der Waals surface area contributed by atoms with Crippen LogP contribution >= 0.6 is 0 Å². The number of amides is 2. The Balaban J connectivity index is 2.84. The largest absolute Gasteiger partial charge is 0.394 e. The summed E-state index contributed by atoms with van der Waals surface area (Å²) in [5.74, 6) is -0.236. The van der Waals surface area contributed by atoms with Crippen molar-refractivity contribution in [1.29, 1.82) is 0 Å². The highest BCUT2D eigenvalue weighted by molar-refractivity contribution is 5.98. The third-order valence-electron chi connectivity index (χ3n) is 3.78. The molecule has 0 radical (unpaired) electrons. The molecule has 0 aliphatic carbocycles. The van der Waals surface area contributed by atoms with Crippen LogP contribution in [0.5, 0.6) is 0 Å². The Bertz CT molecular complexity index is 525. The summed E-state index contributed by atoms with van der Waals surface area (Å²) in [6, 6.07) is 6.40. The maximum absolute atomic E-state index is 12.4. The molecule has 1 aromatic carbocycles. The van der Waals surface area contributed by atoms with E-state index < -0.39 is 6.04 Å². The molecule has 2 atom stereocenters. The lowest BCUT2D eigenvalue weighted by molar-refractivity contribution is -0.124. The zero-order chi connectivity index (χ0) is 17.4. The minimum absolute atomic E-state index is 0.109. The van der Waals surface area contributed by atoms with Crippen molar-refractivity contribution in [1.82, 2.24) is 10.6 Å². The van der Waals surface area contributed by atoms with Gasteiger partial charge in [0.15, 0.2) is 0 Å². The molecule has 0 aliphatic heterocycles. The van der Waals surface area contributed by atoms with Gasteiger partial charge in [0.2, 0.25) is 5.91 Å². The Morgan fingerprint density at radius 1 is 1.17 bits per heavy atom. The number of aliphatic hydroxyl groups is 1. The van der Waals surface area contributed by atoms with Crippen LogP contribution < -0.4 is 10.6 Å². The van der Waals surface area contributed by atoms with E-state index in [4.69, 9.17) is 0 Å². The molecule has 5 heteroatoms. The highest BCUT2D eigenvalue weighted by Gasteiger charge is 2.24. The van der Waals surface area contributed by atoms with Crippen LogP contribution in [0, 0.1) is 12.8 Å². The van der Waals surface area contributed by atoms with Gasteiger partial charge in [-0.1, -0.05) is 39.0 Å². The lowest BCUT2D eigenvalue weighted by Crippen LogP contribution is -2.51. The second kappa shape index (κ2) is 9.30. The van der Waals surface area contributed by atoms with Crippen molar-refractivity contribution in [2.45, 2.75) is 52.6 Å². The molecular weight excluding hydrogens is 292 g/mol. The number of aliphatic hydroxyl groups excluding tert-OH is 1. The van der Waals surface area contributed by atoms with Crippen LogP contribution in [-0.2, 0) is 4.79 Å². The van der Waals surface area contributed by atoms with Crippen molar-refractivity contribution >= 4 is 11.8 Å². The first-order valence-electron chi connectivity index (χ1n) is 8.16. The Kier molecular flexibility index (Phi) is 7.75. The Labute approximate surface area is 138 Å². The molecule has 0 saturated carbocycles. The van der Waals surface area contributed by atoms with Gasteiger partial charge in [0.1, 0.15) is 6.04 Å². The van der Waals surface area contributed by atoms with Gasteiger partial charge < -0.3 is 15.7 Å². The van der Waals surface area contributed by atoms with Crippen molar-refractivity contribution in [2.75, 3.05) is 6.61 Å². The second-order valence-corrected chi connectivity index (χ2v) is 6.27. The third kappa shape index (κ3) is 6.02. The van der Waals surface area contributed by atoms with Crippen molar-refractivity contribution in [2.24, 2.45) is 5.92 Å². The van der Waals surface area contributed by atoms with Gasteiger partial charge in [0.05, 0.1) is 12.6 Å². The first kappa shape index (κ1) is 19.2. The molecule has 0 spiro atoms. The number of rotatable bonds is 8. The van der Waals surface area contributed by atoms with Gasteiger partial charge in [0, 0.05) is 5.56 Å². The van der Waals surface area contributed by atoms with Crippen molar-refractivity contribution in [3.63, 3.8) is 0 Å². The van der Waals surface area contributed by atoms with Crippen LogP contribution in [-0.4, -0.2) is 35.6 Å². The fourth-order valence-corrected chi connectivity index (χ4v) is 2.35. The van der Waals surface area contributed by atoms with Gasteiger partial charge >= 0.3 is 0 Å². The molecule has 2 amide bonds. The van der Waals surface area contributed by atoms with Gasteiger partial charge in [0.25, 0.3) is 5.91 Å². The quantitative estimate of drug-likeness (QED) is 0.686. The fourth-order valence-electron chi connectivity index (χ4n) is 2.35. The monoisotopic (exact) mass is 320 g/mol.